The molecule has 0 atom stereocenters. The van der Waals surface area contributed by atoms with Crippen molar-refractivity contribution in [3.05, 3.63) is 36.7 Å². The summed E-state index contributed by atoms with van der Waals surface area (Å²) in [6.45, 7) is 0.558. The van der Waals surface area contributed by atoms with Crippen molar-refractivity contribution in [2.24, 2.45) is 0 Å². The molecule has 0 radical (unpaired) electrons. The van der Waals surface area contributed by atoms with Gasteiger partial charge in [0.2, 0.25) is 5.95 Å². The predicted molar refractivity (Wildman–Crippen MR) is 57.7 cm³/mol. The Morgan fingerprint density at radius 3 is 3.25 bits per heavy atom. The Hall–Kier alpha value is -2.37. The Morgan fingerprint density at radius 1 is 1.38 bits per heavy atom. The van der Waals surface area contributed by atoms with Crippen LogP contribution in [0, 0.1) is 0 Å². The van der Waals surface area contributed by atoms with Crippen LogP contribution in [0.25, 0.3) is 11.2 Å². The highest BCUT2D eigenvalue weighted by Crippen LogP contribution is 2.08. The van der Waals surface area contributed by atoms with Gasteiger partial charge in [-0.2, -0.15) is 4.98 Å². The van der Waals surface area contributed by atoms with Gasteiger partial charge in [-0.3, -0.25) is 0 Å². The second kappa shape index (κ2) is 3.65. The molecule has 6 heteroatoms. The third-order valence-corrected chi connectivity index (χ3v) is 2.18. The number of rotatable bonds is 3. The molecular weight excluding hydrogens is 206 g/mol. The molecule has 0 saturated heterocycles. The highest BCUT2D eigenvalue weighted by Gasteiger charge is 2.02. The number of hydrogen-bond donors (Lipinski definition) is 2. The van der Waals surface area contributed by atoms with Crippen molar-refractivity contribution >= 4 is 17.1 Å². The van der Waals surface area contributed by atoms with Crippen LogP contribution in [0.3, 0.4) is 0 Å². The third kappa shape index (κ3) is 1.60. The van der Waals surface area contributed by atoms with Gasteiger partial charge in [0.05, 0.1) is 25.3 Å². The molecule has 0 aliphatic carbocycles. The Balaban J connectivity index is 1.78. The molecule has 3 aromatic heterocycles. The minimum absolute atomic E-state index is 0.538. The van der Waals surface area contributed by atoms with Gasteiger partial charge in [0.25, 0.3) is 0 Å². The molecule has 0 unspecified atom stereocenters. The monoisotopic (exact) mass is 215 g/mol. The molecule has 0 fully saturated rings. The van der Waals surface area contributed by atoms with Crippen LogP contribution in [-0.4, -0.2) is 19.9 Å². The van der Waals surface area contributed by atoms with Gasteiger partial charge in [-0.05, 0) is 12.1 Å². The van der Waals surface area contributed by atoms with E-state index in [4.69, 9.17) is 4.42 Å². The van der Waals surface area contributed by atoms with Gasteiger partial charge in [-0.25, -0.2) is 9.97 Å². The highest BCUT2D eigenvalue weighted by molar-refractivity contribution is 5.69. The van der Waals surface area contributed by atoms with Crippen molar-refractivity contribution in [3.63, 3.8) is 0 Å². The molecule has 2 N–H and O–H groups in total. The summed E-state index contributed by atoms with van der Waals surface area (Å²) in [6.07, 6.45) is 4.92. The lowest BCUT2D eigenvalue weighted by atomic mass is 10.4. The summed E-state index contributed by atoms with van der Waals surface area (Å²) >= 11 is 0. The average molecular weight is 215 g/mol. The Morgan fingerprint density at radius 2 is 2.38 bits per heavy atom. The summed E-state index contributed by atoms with van der Waals surface area (Å²) in [5, 5.41) is 3.06. The van der Waals surface area contributed by atoms with Crippen molar-refractivity contribution in [2.75, 3.05) is 5.32 Å². The van der Waals surface area contributed by atoms with Crippen LogP contribution in [0.2, 0.25) is 0 Å². The molecule has 0 saturated carbocycles. The van der Waals surface area contributed by atoms with Gasteiger partial charge in [0.15, 0.2) is 5.65 Å². The van der Waals surface area contributed by atoms with Gasteiger partial charge < -0.3 is 14.7 Å². The highest BCUT2D eigenvalue weighted by atomic mass is 16.3. The van der Waals surface area contributed by atoms with Crippen LogP contribution < -0.4 is 5.32 Å². The summed E-state index contributed by atoms with van der Waals surface area (Å²) in [7, 11) is 0. The molecular formula is C10H9N5O. The van der Waals surface area contributed by atoms with E-state index in [-0.39, 0.29) is 0 Å². The first-order valence-corrected chi connectivity index (χ1v) is 4.84. The lowest BCUT2D eigenvalue weighted by molar-refractivity contribution is 0.517. The molecule has 3 heterocycles. The van der Waals surface area contributed by atoms with E-state index in [1.54, 1.807) is 18.8 Å². The maximum absolute atomic E-state index is 5.19. The maximum atomic E-state index is 5.19. The first-order valence-electron chi connectivity index (χ1n) is 4.84. The number of aromatic nitrogens is 4. The molecule has 0 aliphatic heterocycles. The minimum Gasteiger partial charge on any atom is -0.467 e. The first kappa shape index (κ1) is 8.90. The normalized spacial score (nSPS) is 10.8. The second-order valence-corrected chi connectivity index (χ2v) is 3.27. The fourth-order valence-corrected chi connectivity index (χ4v) is 1.40. The van der Waals surface area contributed by atoms with E-state index in [0.29, 0.717) is 18.1 Å². The number of anilines is 1. The van der Waals surface area contributed by atoms with Crippen LogP contribution in [0.4, 0.5) is 5.95 Å². The fraction of sp³-hybridized carbons (Fsp3) is 0.100. The number of imidazole rings is 1. The van der Waals surface area contributed by atoms with E-state index in [9.17, 15) is 0 Å². The smallest absolute Gasteiger partial charge is 0.225 e. The molecule has 80 valence electrons. The molecule has 6 nitrogen and oxygen atoms in total. The topological polar surface area (TPSA) is 79.6 Å². The molecule has 3 rings (SSSR count). The predicted octanol–water partition coefficient (Wildman–Crippen LogP) is 1.56. The Labute approximate surface area is 90.7 Å². The lowest BCUT2D eigenvalue weighted by Crippen LogP contribution is -2.02. The van der Waals surface area contributed by atoms with E-state index in [0.717, 1.165) is 11.3 Å². The second-order valence-electron chi connectivity index (χ2n) is 3.27. The number of fused-ring (bicyclic) bond motifs is 1. The van der Waals surface area contributed by atoms with E-state index < -0.39 is 0 Å². The van der Waals surface area contributed by atoms with Crippen molar-refractivity contribution in [1.82, 2.24) is 19.9 Å². The number of nitrogens with one attached hydrogen (secondary N) is 2. The molecule has 0 spiro atoms. The standard InChI is InChI=1S/C10H9N5O/c1-2-7(16-3-1)4-11-10-12-5-8-9(15-10)14-6-13-8/h1-3,5-6H,4H2,(H2,11,12,13,14,15). The summed E-state index contributed by atoms with van der Waals surface area (Å²) in [4.78, 5) is 15.4. The first-order chi connectivity index (χ1) is 7.92. The summed E-state index contributed by atoms with van der Waals surface area (Å²) in [6, 6.07) is 3.73. The number of aromatic amines is 1. The molecule has 0 aromatic carbocycles. The SMILES string of the molecule is c1coc(CNc2ncc3[nH]cnc3n2)c1. The quantitative estimate of drug-likeness (QED) is 0.693. The summed E-state index contributed by atoms with van der Waals surface area (Å²) < 4.78 is 5.19. The van der Waals surface area contributed by atoms with Gasteiger partial charge in [0, 0.05) is 0 Å². The number of hydrogen-bond acceptors (Lipinski definition) is 5. The van der Waals surface area contributed by atoms with Crippen LogP contribution in [-0.2, 0) is 6.54 Å². The van der Waals surface area contributed by atoms with E-state index >= 15 is 0 Å². The van der Waals surface area contributed by atoms with E-state index in [1.807, 2.05) is 12.1 Å². The van der Waals surface area contributed by atoms with Gasteiger partial charge in [-0.1, -0.05) is 0 Å². The van der Waals surface area contributed by atoms with Gasteiger partial charge >= 0.3 is 0 Å². The fourth-order valence-electron chi connectivity index (χ4n) is 1.40. The van der Waals surface area contributed by atoms with Crippen molar-refractivity contribution < 1.29 is 4.42 Å². The van der Waals surface area contributed by atoms with E-state index in [2.05, 4.69) is 25.3 Å². The molecule has 16 heavy (non-hydrogen) atoms. The summed E-state index contributed by atoms with van der Waals surface area (Å²) in [5.41, 5.74) is 1.47. The van der Waals surface area contributed by atoms with Crippen LogP contribution >= 0.6 is 0 Å². The Bertz CT molecular complexity index is 586. The zero-order valence-electron chi connectivity index (χ0n) is 8.34. The molecule has 0 aliphatic rings. The van der Waals surface area contributed by atoms with Crippen LogP contribution in [0.5, 0.6) is 0 Å². The van der Waals surface area contributed by atoms with Crippen molar-refractivity contribution in [1.29, 1.82) is 0 Å². The van der Waals surface area contributed by atoms with Gasteiger partial charge in [-0.15, -0.1) is 0 Å². The molecule has 0 amide bonds. The van der Waals surface area contributed by atoms with Crippen molar-refractivity contribution in [2.45, 2.75) is 6.54 Å². The lowest BCUT2D eigenvalue weighted by Gasteiger charge is -2.01. The zero-order valence-corrected chi connectivity index (χ0v) is 8.34. The van der Waals surface area contributed by atoms with Gasteiger partial charge in [0.1, 0.15) is 11.3 Å². The number of nitrogens with zero attached hydrogens (tertiary/aromatic N) is 3. The largest absolute Gasteiger partial charge is 0.467 e. The van der Waals surface area contributed by atoms with Crippen LogP contribution in [0.1, 0.15) is 5.76 Å². The molecule has 3 aromatic rings. The third-order valence-electron chi connectivity index (χ3n) is 2.18. The summed E-state index contributed by atoms with van der Waals surface area (Å²) in [5.74, 6) is 1.38. The van der Waals surface area contributed by atoms with Crippen molar-refractivity contribution in [3.8, 4) is 0 Å². The molecule has 0 bridgehead atoms. The number of H-pyrrole nitrogens is 1. The average Bonchev–Trinajstić information content (AvgIpc) is 2.97. The Kier molecular flexibility index (Phi) is 2.03. The van der Waals surface area contributed by atoms with Crippen LogP contribution in [0.15, 0.2) is 35.3 Å². The maximum Gasteiger partial charge on any atom is 0.225 e. The number of furan rings is 1. The minimum atomic E-state index is 0.538. The van der Waals surface area contributed by atoms with E-state index in [1.165, 1.54) is 0 Å². The zero-order chi connectivity index (χ0) is 10.8.